The average Bonchev–Trinajstić information content (AvgIpc) is 3.52. The molecule has 2 N–H and O–H groups in total. The first-order chi connectivity index (χ1) is 19.0. The second kappa shape index (κ2) is 11.5. The van der Waals surface area contributed by atoms with E-state index in [4.69, 9.17) is 35.9 Å². The van der Waals surface area contributed by atoms with Crippen molar-refractivity contribution in [3.63, 3.8) is 0 Å². The fourth-order valence-electron chi connectivity index (χ4n) is 5.17. The number of rotatable bonds is 9. The number of pyridine rings is 1. The summed E-state index contributed by atoms with van der Waals surface area (Å²) in [6.07, 6.45) is 3.91. The van der Waals surface area contributed by atoms with E-state index >= 15 is 0 Å². The zero-order chi connectivity index (χ0) is 26.8. The van der Waals surface area contributed by atoms with Crippen molar-refractivity contribution in [1.29, 1.82) is 0 Å². The van der Waals surface area contributed by atoms with Crippen molar-refractivity contribution in [2.24, 2.45) is 0 Å². The lowest BCUT2D eigenvalue weighted by atomic mass is 9.93. The number of benzene rings is 1. The van der Waals surface area contributed by atoms with Gasteiger partial charge in [-0.2, -0.15) is 0 Å². The van der Waals surface area contributed by atoms with E-state index in [2.05, 4.69) is 20.3 Å². The third kappa shape index (κ3) is 6.01. The number of carbonyl (C=O) groups excluding carboxylic acids is 1. The van der Waals surface area contributed by atoms with Gasteiger partial charge in [0.15, 0.2) is 6.17 Å². The molecule has 39 heavy (non-hydrogen) atoms. The summed E-state index contributed by atoms with van der Waals surface area (Å²) in [4.78, 5) is 28.2. The van der Waals surface area contributed by atoms with Gasteiger partial charge in [-0.1, -0.05) is 23.7 Å². The molecule has 3 aliphatic heterocycles. The van der Waals surface area contributed by atoms with Crippen LogP contribution < -0.4 is 15.5 Å². The zero-order valence-corrected chi connectivity index (χ0v) is 22.1. The first kappa shape index (κ1) is 26.0. The van der Waals surface area contributed by atoms with Gasteiger partial charge in [-0.05, 0) is 50.6 Å². The Balaban J connectivity index is 1.06. The zero-order valence-electron chi connectivity index (χ0n) is 21.3. The summed E-state index contributed by atoms with van der Waals surface area (Å²) in [7, 11) is 0. The summed E-state index contributed by atoms with van der Waals surface area (Å²) < 4.78 is 27.7. The van der Waals surface area contributed by atoms with Gasteiger partial charge in [-0.25, -0.2) is 19.2 Å². The molecule has 6 rings (SSSR count). The van der Waals surface area contributed by atoms with Crippen LogP contribution in [0, 0.1) is 5.82 Å². The minimum absolute atomic E-state index is 0.0879. The van der Waals surface area contributed by atoms with Gasteiger partial charge in [0.25, 0.3) is 0 Å². The largest absolute Gasteiger partial charge is 0.473 e. The van der Waals surface area contributed by atoms with E-state index in [9.17, 15) is 9.18 Å². The number of hydroxylamine groups is 1. The maximum absolute atomic E-state index is 14.1. The predicted octanol–water partition coefficient (Wildman–Crippen LogP) is 4.06. The van der Waals surface area contributed by atoms with Crippen LogP contribution in [0.1, 0.15) is 54.1 Å². The van der Waals surface area contributed by atoms with Crippen LogP contribution >= 0.6 is 11.6 Å². The Morgan fingerprint density at radius 1 is 1.18 bits per heavy atom. The summed E-state index contributed by atoms with van der Waals surface area (Å²) in [5, 5.41) is 3.11. The molecule has 3 saturated heterocycles. The minimum Gasteiger partial charge on any atom is -0.473 e. The van der Waals surface area contributed by atoms with Crippen molar-refractivity contribution in [3.05, 3.63) is 76.2 Å². The van der Waals surface area contributed by atoms with Gasteiger partial charge in [0.2, 0.25) is 5.88 Å². The van der Waals surface area contributed by atoms with Crippen molar-refractivity contribution in [2.75, 3.05) is 19.7 Å². The molecule has 5 heterocycles. The van der Waals surface area contributed by atoms with Crippen molar-refractivity contribution >= 4 is 17.7 Å². The Morgan fingerprint density at radius 3 is 2.74 bits per heavy atom. The molecule has 1 amide bonds. The highest BCUT2D eigenvalue weighted by Gasteiger charge is 2.31. The number of carbonyl (C=O) groups is 1. The van der Waals surface area contributed by atoms with Crippen LogP contribution in [0.5, 0.6) is 5.88 Å². The molecular formula is C27H30ClFN6O4. The highest BCUT2D eigenvalue weighted by atomic mass is 35.5. The summed E-state index contributed by atoms with van der Waals surface area (Å²) >= 11 is 5.84. The second-order valence-electron chi connectivity index (χ2n) is 10.1. The molecule has 2 aromatic heterocycles. The lowest BCUT2D eigenvalue weighted by Crippen LogP contribution is -2.37. The molecule has 0 bridgehead atoms. The van der Waals surface area contributed by atoms with Gasteiger partial charge in [0.1, 0.15) is 18.2 Å². The van der Waals surface area contributed by atoms with Gasteiger partial charge in [0.05, 0.1) is 31.1 Å². The Labute approximate surface area is 230 Å². The molecule has 206 valence electrons. The maximum Gasteiger partial charge on any atom is 0.427 e. The maximum atomic E-state index is 14.1. The van der Waals surface area contributed by atoms with Crippen LogP contribution in [0.15, 0.2) is 42.6 Å². The van der Waals surface area contributed by atoms with E-state index in [1.54, 1.807) is 24.4 Å². The van der Waals surface area contributed by atoms with Gasteiger partial charge in [-0.3, -0.25) is 10.2 Å². The number of aromatic nitrogens is 3. The molecular weight excluding hydrogens is 527 g/mol. The quantitative estimate of drug-likeness (QED) is 0.407. The number of hydrogen-bond acceptors (Lipinski definition) is 8. The summed E-state index contributed by atoms with van der Waals surface area (Å²) in [5.41, 5.74) is 4.99. The minimum atomic E-state index is -0.503. The molecule has 3 fully saturated rings. The van der Waals surface area contributed by atoms with Gasteiger partial charge in [0, 0.05) is 34.9 Å². The molecule has 1 unspecified atom stereocenters. The summed E-state index contributed by atoms with van der Waals surface area (Å²) in [6, 6.07) is 10.3. The van der Waals surface area contributed by atoms with Gasteiger partial charge < -0.3 is 18.9 Å². The Morgan fingerprint density at radius 2 is 2.03 bits per heavy atom. The first-order valence-corrected chi connectivity index (χ1v) is 13.5. The normalized spacial score (nSPS) is 21.8. The van der Waals surface area contributed by atoms with Crippen molar-refractivity contribution in [2.45, 2.75) is 57.1 Å². The topological polar surface area (TPSA) is 103 Å². The number of likely N-dealkylation sites (tertiary alicyclic amines) is 1. The van der Waals surface area contributed by atoms with Crippen LogP contribution in [0.3, 0.4) is 0 Å². The number of piperidine rings is 1. The molecule has 0 spiro atoms. The summed E-state index contributed by atoms with van der Waals surface area (Å²) in [6.45, 7) is 4.05. The standard InChI is InChI=1S/C27H30ClFN6O4/c28-19-5-4-18(21(29)12-19)16-38-25-3-1-2-22(31-25)17-6-9-34(10-7-17)15-24-30-13-23(26-32-27(36)39-33-26)35(24)14-20-8-11-37-20/h1-5,12-13,17,20,26,33H,6-11,14-16H2,(H,32,36)/t20-,26?/m0/s1. The second-order valence-corrected chi connectivity index (χ2v) is 10.5. The number of ether oxygens (including phenoxy) is 2. The number of imidazole rings is 1. The van der Waals surface area contributed by atoms with Crippen molar-refractivity contribution < 1.29 is 23.5 Å². The molecule has 2 atom stereocenters. The highest BCUT2D eigenvalue weighted by molar-refractivity contribution is 6.30. The Hall–Kier alpha value is -3.25. The van der Waals surface area contributed by atoms with Crippen LogP contribution in [-0.2, 0) is 29.3 Å². The first-order valence-electron chi connectivity index (χ1n) is 13.2. The SMILES string of the molecule is O=C1NC(c2cnc(CN3CCC(c4cccc(OCc5ccc(Cl)cc5F)n4)CC3)n2C[C@@H]2CCO2)NO1. The van der Waals surface area contributed by atoms with E-state index < -0.39 is 18.1 Å². The lowest BCUT2D eigenvalue weighted by molar-refractivity contribution is -0.0604. The third-order valence-corrected chi connectivity index (χ3v) is 7.72. The summed E-state index contributed by atoms with van der Waals surface area (Å²) in [5.74, 6) is 1.33. The molecule has 10 nitrogen and oxygen atoms in total. The van der Waals surface area contributed by atoms with Crippen LogP contribution in [0.4, 0.5) is 9.18 Å². The number of hydrogen-bond donors (Lipinski definition) is 2. The average molecular weight is 557 g/mol. The van der Waals surface area contributed by atoms with Crippen molar-refractivity contribution in [1.82, 2.24) is 30.2 Å². The van der Waals surface area contributed by atoms with Crippen LogP contribution in [0.25, 0.3) is 0 Å². The van der Waals surface area contributed by atoms with E-state index in [0.717, 1.165) is 56.2 Å². The van der Waals surface area contributed by atoms with E-state index in [1.165, 1.54) is 6.07 Å². The Bertz CT molecular complexity index is 1330. The third-order valence-electron chi connectivity index (χ3n) is 7.48. The molecule has 0 aliphatic carbocycles. The number of nitrogens with one attached hydrogen (secondary N) is 2. The van der Waals surface area contributed by atoms with Gasteiger partial charge in [-0.15, -0.1) is 5.48 Å². The van der Waals surface area contributed by atoms with Gasteiger partial charge >= 0.3 is 6.09 Å². The fourth-order valence-corrected chi connectivity index (χ4v) is 5.33. The van der Waals surface area contributed by atoms with E-state index in [1.807, 2.05) is 12.1 Å². The molecule has 0 saturated carbocycles. The monoisotopic (exact) mass is 556 g/mol. The highest BCUT2D eigenvalue weighted by Crippen LogP contribution is 2.29. The van der Waals surface area contributed by atoms with E-state index in [0.29, 0.717) is 35.5 Å². The number of nitrogens with zero attached hydrogens (tertiary/aromatic N) is 4. The van der Waals surface area contributed by atoms with Crippen molar-refractivity contribution in [3.8, 4) is 5.88 Å². The van der Waals surface area contributed by atoms with Crippen LogP contribution in [-0.4, -0.2) is 51.3 Å². The molecule has 3 aromatic rings. The molecule has 0 radical (unpaired) electrons. The lowest BCUT2D eigenvalue weighted by Gasteiger charge is -2.32. The number of amides is 1. The van der Waals surface area contributed by atoms with E-state index in [-0.39, 0.29) is 12.7 Å². The molecule has 1 aromatic carbocycles. The number of halogens is 2. The van der Waals surface area contributed by atoms with Crippen LogP contribution in [0.2, 0.25) is 5.02 Å². The smallest absolute Gasteiger partial charge is 0.427 e. The molecule has 3 aliphatic rings. The predicted molar refractivity (Wildman–Crippen MR) is 139 cm³/mol. The molecule has 12 heteroatoms. The fraction of sp³-hybridized carbons (Fsp3) is 0.444. The Kier molecular flexibility index (Phi) is 7.64.